The minimum atomic E-state index is -1.83. The molecule has 23 nitrogen and oxygen atoms in total. The molecule has 21 rings (SSSR count). The van der Waals surface area contributed by atoms with E-state index in [9.17, 15) is 69.1 Å². The Hall–Kier alpha value is -13.4. The maximum Gasteiger partial charge on any atom is 0.341 e. The molecule has 4 saturated carbocycles. The maximum atomic E-state index is 14.4. The molecule has 8 N–H and O–H groups in total. The molecule has 644 valence electrons. The number of carboxylic acids is 1. The van der Waals surface area contributed by atoms with Crippen molar-refractivity contribution in [3.05, 3.63) is 311 Å². The SMILES string of the molecule is Fc1ccc(-n2ncc3cc(I)ccc32)cc1.N[C@H]1CC(=O)NC1c1ccccc1.O=C(O)C1(F)CC1.O=C1C[C@@H](NC(=O)C2(F)CC2)[C@H](c2ccccc2)N1c1ccc2c(cnn2-c2ccc(F)cc2)c1.O=C1C[C@H](NC(=O)C2(F)CC2)[C@@H](c2ccccc2)N1.O=C1C[C@H](NC(=O)C2(F)CC2)[C@@H](c2ccccc2)N1c1ccc2c(cnn2-c2ccc(F)cc2)c1. The lowest BCUT2D eigenvalue weighted by Gasteiger charge is -2.29. The number of carbonyl (C=O) groups is 8. The van der Waals surface area contributed by atoms with Crippen LogP contribution in [0.3, 0.4) is 0 Å². The highest BCUT2D eigenvalue weighted by molar-refractivity contribution is 14.1. The van der Waals surface area contributed by atoms with Crippen LogP contribution in [0.1, 0.15) is 123 Å². The minimum absolute atomic E-state index is 0.00583. The van der Waals surface area contributed by atoms with Crippen LogP contribution < -0.4 is 42.1 Å². The Balaban J connectivity index is 0.000000119. The molecule has 1 unspecified atom stereocenters. The monoisotopic (exact) mass is 1820 g/mol. The molecular weight excluding hydrogens is 1740 g/mol. The lowest BCUT2D eigenvalue weighted by atomic mass is 9.99. The summed E-state index contributed by atoms with van der Waals surface area (Å²) >= 11 is 2.27. The summed E-state index contributed by atoms with van der Waals surface area (Å²) in [5.74, 6) is -4.46. The van der Waals surface area contributed by atoms with Crippen LogP contribution in [0.5, 0.6) is 0 Å². The van der Waals surface area contributed by atoms with Gasteiger partial charge in [0.1, 0.15) is 17.5 Å². The number of nitrogens with two attached hydrogens (primary N) is 1. The average Bonchev–Trinajstić information content (AvgIpc) is 1.60. The van der Waals surface area contributed by atoms with Gasteiger partial charge in [0, 0.05) is 62.8 Å². The van der Waals surface area contributed by atoms with Crippen LogP contribution in [0.2, 0.25) is 0 Å². The van der Waals surface area contributed by atoms with Gasteiger partial charge in [-0.15, -0.1) is 0 Å². The van der Waals surface area contributed by atoms with Crippen LogP contribution in [0, 0.1) is 21.0 Å². The molecule has 0 radical (unpaired) electrons. The van der Waals surface area contributed by atoms with Crippen molar-refractivity contribution in [3.63, 3.8) is 0 Å². The number of halogens is 8. The molecule has 4 aliphatic carbocycles. The summed E-state index contributed by atoms with van der Waals surface area (Å²) in [6, 6.07) is 71.0. The van der Waals surface area contributed by atoms with Crippen molar-refractivity contribution in [1.82, 2.24) is 55.9 Å². The number of nitrogens with one attached hydrogen (secondary N) is 5. The Morgan fingerprint density at radius 1 is 0.381 bits per heavy atom. The standard InChI is InChI=1S/2C27H22F2N4O2.C14H15FN2O2.C13H8FIN2.C10H12N2O.C4H5FO2/c2*28-19-6-8-20(9-7-19)33-23-11-10-21(14-18(23)16-30-33)32-24(34)15-22(31-26(35)27(29)12-13-27)25(32)17-4-2-1-3-5-17;15-14(6-7-14)13(19)16-10-8-11(18)17-12(10)9-4-2-1-3-5-9;14-10-1-4-12(5-2-10)17-13-6-3-11(15)7-9(13)8-16-17;11-8-6-9(13)12-10(8)7-4-2-1-3-5-7;5-4(1-2-4)3(6)7/h2*1-11,14,16,22,25H,12-13,15H2,(H,31,35);1-5,10,12H,6-8H2,(H,16,19)(H,17,18);1-8H;1-5,8,10H,6,11H2,(H,12,13);1-2H2,(H,6,7)/t2*22-,25+;10-,12+;;8-,10?;/m100.0./s1. The summed E-state index contributed by atoms with van der Waals surface area (Å²) in [5.41, 5.74) is 8.63. The van der Waals surface area contributed by atoms with Crippen LogP contribution >= 0.6 is 22.6 Å². The number of amides is 7. The number of hydrogen-bond donors (Lipinski definition) is 7. The van der Waals surface area contributed by atoms with Crippen molar-refractivity contribution in [1.29, 1.82) is 0 Å². The number of anilines is 2. The molecule has 8 fully saturated rings. The molecule has 4 saturated heterocycles. The zero-order chi connectivity index (χ0) is 88.3. The molecule has 10 aromatic carbocycles. The molecule has 0 spiro atoms. The Morgan fingerprint density at radius 2 is 0.690 bits per heavy atom. The molecule has 3 aromatic heterocycles. The molecule has 8 atom stereocenters. The third kappa shape index (κ3) is 19.3. The number of carbonyl (C=O) groups excluding carboxylic acids is 7. The van der Waals surface area contributed by atoms with Crippen molar-refractivity contribution in [2.45, 2.75) is 148 Å². The predicted molar refractivity (Wildman–Crippen MR) is 466 cm³/mol. The van der Waals surface area contributed by atoms with Gasteiger partial charge in [-0.3, -0.25) is 33.6 Å². The Bertz CT molecular complexity index is 6000. The van der Waals surface area contributed by atoms with Gasteiger partial charge in [-0.05, 0) is 224 Å². The third-order valence-electron chi connectivity index (χ3n) is 23.2. The van der Waals surface area contributed by atoms with Crippen molar-refractivity contribution in [2.24, 2.45) is 5.73 Å². The van der Waals surface area contributed by atoms with Gasteiger partial charge in [0.2, 0.25) is 29.3 Å². The topological polar surface area (TPSA) is 303 Å². The lowest BCUT2D eigenvalue weighted by Crippen LogP contribution is -2.44. The van der Waals surface area contributed by atoms with E-state index in [2.05, 4.69) is 70.5 Å². The van der Waals surface area contributed by atoms with E-state index < -0.39 is 70.5 Å². The van der Waals surface area contributed by atoms with Gasteiger partial charge in [0.05, 0.1) is 94.5 Å². The van der Waals surface area contributed by atoms with Gasteiger partial charge in [-0.25, -0.2) is 49.6 Å². The zero-order valence-electron chi connectivity index (χ0n) is 67.4. The minimum Gasteiger partial charge on any atom is -0.479 e. The Morgan fingerprint density at radius 3 is 1.02 bits per heavy atom. The number of fused-ring (bicyclic) bond motifs is 3. The number of aromatic nitrogens is 6. The van der Waals surface area contributed by atoms with Gasteiger partial charge in [-0.2, -0.15) is 15.3 Å². The molecule has 4 aliphatic heterocycles. The predicted octanol–water partition coefficient (Wildman–Crippen LogP) is 15.4. The highest BCUT2D eigenvalue weighted by Gasteiger charge is 2.56. The first-order valence-corrected chi connectivity index (χ1v) is 42.2. The first-order valence-electron chi connectivity index (χ1n) is 41.1. The van der Waals surface area contributed by atoms with Crippen molar-refractivity contribution < 1.29 is 74.2 Å². The molecule has 7 heterocycles. The fraction of sp³-hybridized carbons (Fsp3) is 0.253. The van der Waals surface area contributed by atoms with Crippen molar-refractivity contribution in [2.75, 3.05) is 9.80 Å². The number of carboxylic acid groups (broad SMARTS) is 1. The van der Waals surface area contributed by atoms with Crippen molar-refractivity contribution in [3.8, 4) is 17.1 Å². The van der Waals surface area contributed by atoms with Gasteiger partial charge in [-0.1, -0.05) is 121 Å². The lowest BCUT2D eigenvalue weighted by molar-refractivity contribution is -0.144. The summed E-state index contributed by atoms with van der Waals surface area (Å²) in [6.07, 6.45) is 7.81. The second-order valence-corrected chi connectivity index (χ2v) is 33.6. The Labute approximate surface area is 731 Å². The van der Waals surface area contributed by atoms with E-state index in [0.717, 1.165) is 72.0 Å². The number of aliphatic carboxylic acids is 1. The van der Waals surface area contributed by atoms with E-state index >= 15 is 0 Å². The summed E-state index contributed by atoms with van der Waals surface area (Å²) < 4.78 is 100. The smallest absolute Gasteiger partial charge is 0.341 e. The maximum absolute atomic E-state index is 14.4. The summed E-state index contributed by atoms with van der Waals surface area (Å²) in [7, 11) is 0. The molecule has 13 aromatic rings. The number of alkyl halides is 4. The third-order valence-corrected chi connectivity index (χ3v) is 23.9. The number of rotatable bonds is 16. The first-order chi connectivity index (χ1) is 60.6. The Kier molecular flexibility index (Phi) is 24.6. The van der Waals surface area contributed by atoms with Crippen LogP contribution in [-0.4, -0.2) is 129 Å². The highest BCUT2D eigenvalue weighted by atomic mass is 127. The number of hydrogen-bond acceptors (Lipinski definition) is 12. The average molecular weight is 1830 g/mol. The fourth-order valence-corrected chi connectivity index (χ4v) is 16.3. The summed E-state index contributed by atoms with van der Waals surface area (Å²) in [6.45, 7) is 0. The first kappa shape index (κ1) is 86.1. The molecule has 7 amide bonds. The van der Waals surface area contributed by atoms with E-state index in [0.29, 0.717) is 17.8 Å². The molecule has 0 bridgehead atoms. The normalized spacial score (nSPS) is 21.4. The molecular formula is C95H84F7IN14O9. The second-order valence-electron chi connectivity index (χ2n) is 32.3. The highest BCUT2D eigenvalue weighted by Crippen LogP contribution is 2.46. The molecule has 8 aliphatic rings. The quantitative estimate of drug-likeness (QED) is 0.0350. The van der Waals surface area contributed by atoms with Gasteiger partial charge in [0.15, 0.2) is 17.0 Å². The van der Waals surface area contributed by atoms with Crippen LogP contribution in [0.25, 0.3) is 49.8 Å². The van der Waals surface area contributed by atoms with Gasteiger partial charge in [0.25, 0.3) is 17.7 Å². The van der Waals surface area contributed by atoms with E-state index in [1.165, 1.54) is 40.0 Å². The number of benzene rings is 10. The molecule has 126 heavy (non-hydrogen) atoms. The van der Waals surface area contributed by atoms with E-state index in [1.54, 1.807) is 68.0 Å². The van der Waals surface area contributed by atoms with Crippen molar-refractivity contribution >= 4 is 114 Å². The summed E-state index contributed by atoms with van der Waals surface area (Å²) in [5, 5.41) is 37.8. The van der Waals surface area contributed by atoms with E-state index in [1.807, 2.05) is 181 Å². The largest absolute Gasteiger partial charge is 0.479 e. The zero-order valence-corrected chi connectivity index (χ0v) is 69.6. The molecule has 31 heteroatoms. The second kappa shape index (κ2) is 36.0. The van der Waals surface area contributed by atoms with E-state index in [-0.39, 0.29) is 136 Å². The summed E-state index contributed by atoms with van der Waals surface area (Å²) in [4.78, 5) is 98.8. The van der Waals surface area contributed by atoms with E-state index in [4.69, 9.17) is 10.8 Å². The van der Waals surface area contributed by atoms with Crippen LogP contribution in [0.15, 0.2) is 267 Å². The fourth-order valence-electron chi connectivity index (χ4n) is 15.8. The number of nitrogens with zero attached hydrogens (tertiary/aromatic N) is 8. The van der Waals surface area contributed by atoms with Gasteiger partial charge < -0.3 is 47.2 Å². The van der Waals surface area contributed by atoms with Crippen LogP contribution in [0.4, 0.5) is 42.1 Å². The van der Waals surface area contributed by atoms with Crippen LogP contribution in [-0.2, 0) is 38.4 Å². The van der Waals surface area contributed by atoms with Gasteiger partial charge >= 0.3 is 5.97 Å².